The standard InChI is InChI=1S/C11H12ClN5O/c1-8(6-17-5-4-13-7-17)14-11(18)9-2-3-10(12)16-15-9/h2-5,7-8H,6H2,1H3,(H,14,18). The van der Waals surface area contributed by atoms with E-state index in [4.69, 9.17) is 11.6 Å². The maximum absolute atomic E-state index is 11.8. The molecule has 2 aromatic rings. The van der Waals surface area contributed by atoms with Gasteiger partial charge in [0.15, 0.2) is 10.8 Å². The molecule has 0 radical (unpaired) electrons. The van der Waals surface area contributed by atoms with Crippen molar-refractivity contribution in [1.29, 1.82) is 0 Å². The van der Waals surface area contributed by atoms with Crippen molar-refractivity contribution in [1.82, 2.24) is 25.1 Å². The van der Waals surface area contributed by atoms with Crippen LogP contribution in [0.2, 0.25) is 5.15 Å². The Bertz CT molecular complexity index is 511. The van der Waals surface area contributed by atoms with Crippen LogP contribution in [0, 0.1) is 0 Å². The third kappa shape index (κ3) is 3.27. The summed E-state index contributed by atoms with van der Waals surface area (Å²) in [5, 5.41) is 10.4. The Morgan fingerprint density at radius 2 is 2.33 bits per heavy atom. The summed E-state index contributed by atoms with van der Waals surface area (Å²) in [6.45, 7) is 2.55. The van der Waals surface area contributed by atoms with E-state index in [1.807, 2.05) is 17.7 Å². The van der Waals surface area contributed by atoms with Crippen LogP contribution in [0.3, 0.4) is 0 Å². The number of rotatable bonds is 4. The van der Waals surface area contributed by atoms with Gasteiger partial charge in [0.2, 0.25) is 0 Å². The van der Waals surface area contributed by atoms with Gasteiger partial charge in [-0.3, -0.25) is 4.79 Å². The third-order valence-corrected chi connectivity index (χ3v) is 2.49. The minimum Gasteiger partial charge on any atom is -0.346 e. The molecule has 18 heavy (non-hydrogen) atoms. The van der Waals surface area contributed by atoms with Gasteiger partial charge < -0.3 is 9.88 Å². The SMILES string of the molecule is CC(Cn1ccnc1)NC(=O)c1ccc(Cl)nn1. The normalized spacial score (nSPS) is 12.1. The zero-order valence-corrected chi connectivity index (χ0v) is 10.5. The molecule has 0 aliphatic heterocycles. The van der Waals surface area contributed by atoms with Gasteiger partial charge in [0.25, 0.3) is 5.91 Å². The Balaban J connectivity index is 1.92. The van der Waals surface area contributed by atoms with Gasteiger partial charge in [-0.1, -0.05) is 11.6 Å². The van der Waals surface area contributed by atoms with E-state index in [0.29, 0.717) is 6.54 Å². The summed E-state index contributed by atoms with van der Waals surface area (Å²) < 4.78 is 1.89. The number of imidazole rings is 1. The van der Waals surface area contributed by atoms with E-state index in [1.54, 1.807) is 12.5 Å². The number of amides is 1. The predicted octanol–water partition coefficient (Wildman–Crippen LogP) is 1.14. The Hall–Kier alpha value is -1.95. The number of halogens is 1. The van der Waals surface area contributed by atoms with Gasteiger partial charge in [0.1, 0.15) is 0 Å². The van der Waals surface area contributed by atoms with Crippen molar-refractivity contribution in [3.8, 4) is 0 Å². The lowest BCUT2D eigenvalue weighted by molar-refractivity contribution is 0.0930. The summed E-state index contributed by atoms with van der Waals surface area (Å²) in [6.07, 6.45) is 5.23. The molecule has 0 aliphatic rings. The molecule has 1 amide bonds. The summed E-state index contributed by atoms with van der Waals surface area (Å²) in [7, 11) is 0. The highest BCUT2D eigenvalue weighted by Crippen LogP contribution is 2.02. The van der Waals surface area contributed by atoms with E-state index in [0.717, 1.165) is 0 Å². The number of hydrogen-bond donors (Lipinski definition) is 1. The highest BCUT2D eigenvalue weighted by Gasteiger charge is 2.11. The predicted molar refractivity (Wildman–Crippen MR) is 66.2 cm³/mol. The van der Waals surface area contributed by atoms with E-state index in [2.05, 4.69) is 20.5 Å². The molecule has 0 fully saturated rings. The van der Waals surface area contributed by atoms with Crippen molar-refractivity contribution in [2.75, 3.05) is 0 Å². The minimum atomic E-state index is -0.271. The second kappa shape index (κ2) is 5.59. The number of carbonyl (C=O) groups is 1. The first-order valence-electron chi connectivity index (χ1n) is 5.41. The molecule has 0 aliphatic carbocycles. The van der Waals surface area contributed by atoms with Crippen molar-refractivity contribution in [3.63, 3.8) is 0 Å². The van der Waals surface area contributed by atoms with Crippen molar-refractivity contribution < 1.29 is 4.79 Å². The Morgan fingerprint density at radius 1 is 1.50 bits per heavy atom. The molecule has 0 bridgehead atoms. The van der Waals surface area contributed by atoms with Crippen LogP contribution in [-0.4, -0.2) is 31.7 Å². The average Bonchev–Trinajstić information content (AvgIpc) is 2.82. The van der Waals surface area contributed by atoms with Gasteiger partial charge in [-0.2, -0.15) is 0 Å². The first-order valence-corrected chi connectivity index (χ1v) is 5.79. The van der Waals surface area contributed by atoms with Crippen LogP contribution in [-0.2, 0) is 6.54 Å². The van der Waals surface area contributed by atoms with Crippen molar-refractivity contribution in [2.45, 2.75) is 19.5 Å². The smallest absolute Gasteiger partial charge is 0.272 e. The molecule has 2 rings (SSSR count). The second-order valence-corrected chi connectivity index (χ2v) is 4.26. The molecule has 1 unspecified atom stereocenters. The number of aromatic nitrogens is 4. The van der Waals surface area contributed by atoms with Gasteiger partial charge in [0, 0.05) is 25.0 Å². The average molecular weight is 266 g/mol. The largest absolute Gasteiger partial charge is 0.346 e. The second-order valence-electron chi connectivity index (χ2n) is 3.88. The van der Waals surface area contributed by atoms with Gasteiger partial charge in [0.05, 0.1) is 6.33 Å². The molecule has 0 aromatic carbocycles. The lowest BCUT2D eigenvalue weighted by Crippen LogP contribution is -2.36. The molecule has 1 atom stereocenters. The topological polar surface area (TPSA) is 72.7 Å². The van der Waals surface area contributed by atoms with Crippen LogP contribution < -0.4 is 5.32 Å². The maximum Gasteiger partial charge on any atom is 0.272 e. The fourth-order valence-electron chi connectivity index (χ4n) is 1.49. The Morgan fingerprint density at radius 3 is 2.94 bits per heavy atom. The fourth-order valence-corrected chi connectivity index (χ4v) is 1.59. The van der Waals surface area contributed by atoms with Crippen molar-refractivity contribution in [3.05, 3.63) is 41.7 Å². The minimum absolute atomic E-state index is 0.0378. The Labute approximate surface area is 109 Å². The van der Waals surface area contributed by atoms with E-state index in [-0.39, 0.29) is 22.8 Å². The molecule has 0 spiro atoms. The summed E-state index contributed by atoms with van der Waals surface area (Å²) in [5.74, 6) is -0.271. The molecule has 2 aromatic heterocycles. The Kier molecular flexibility index (Phi) is 3.88. The number of carbonyl (C=O) groups excluding carboxylic acids is 1. The molecule has 0 saturated carbocycles. The van der Waals surface area contributed by atoms with Gasteiger partial charge in [-0.05, 0) is 19.1 Å². The first-order chi connectivity index (χ1) is 8.65. The molecule has 6 nitrogen and oxygen atoms in total. The lowest BCUT2D eigenvalue weighted by Gasteiger charge is -2.13. The van der Waals surface area contributed by atoms with E-state index in [9.17, 15) is 4.79 Å². The third-order valence-electron chi connectivity index (χ3n) is 2.29. The fraction of sp³-hybridized carbons (Fsp3) is 0.273. The molecule has 2 heterocycles. The van der Waals surface area contributed by atoms with Crippen LogP contribution in [0.5, 0.6) is 0 Å². The highest BCUT2D eigenvalue weighted by molar-refractivity contribution is 6.29. The quantitative estimate of drug-likeness (QED) is 0.900. The van der Waals surface area contributed by atoms with Crippen molar-refractivity contribution in [2.24, 2.45) is 0 Å². The summed E-state index contributed by atoms with van der Waals surface area (Å²) >= 11 is 5.60. The van der Waals surface area contributed by atoms with Gasteiger partial charge >= 0.3 is 0 Å². The number of hydrogen-bond acceptors (Lipinski definition) is 4. The molecule has 0 saturated heterocycles. The molecule has 1 N–H and O–H groups in total. The first kappa shape index (κ1) is 12.5. The molecular formula is C11H12ClN5O. The van der Waals surface area contributed by atoms with Gasteiger partial charge in [-0.15, -0.1) is 10.2 Å². The van der Waals surface area contributed by atoms with Crippen LogP contribution >= 0.6 is 11.6 Å². The lowest BCUT2D eigenvalue weighted by atomic mass is 10.3. The van der Waals surface area contributed by atoms with Crippen LogP contribution in [0.15, 0.2) is 30.9 Å². The van der Waals surface area contributed by atoms with Crippen LogP contribution in [0.4, 0.5) is 0 Å². The van der Waals surface area contributed by atoms with E-state index >= 15 is 0 Å². The maximum atomic E-state index is 11.8. The number of nitrogens with one attached hydrogen (secondary N) is 1. The zero-order chi connectivity index (χ0) is 13.0. The summed E-state index contributed by atoms with van der Waals surface area (Å²) in [5.41, 5.74) is 0.247. The van der Waals surface area contributed by atoms with Crippen LogP contribution in [0.1, 0.15) is 17.4 Å². The number of nitrogens with zero attached hydrogens (tertiary/aromatic N) is 4. The van der Waals surface area contributed by atoms with Crippen molar-refractivity contribution >= 4 is 17.5 Å². The van der Waals surface area contributed by atoms with E-state index in [1.165, 1.54) is 12.1 Å². The molecular weight excluding hydrogens is 254 g/mol. The summed E-state index contributed by atoms with van der Waals surface area (Å²) in [4.78, 5) is 15.7. The molecule has 7 heteroatoms. The van der Waals surface area contributed by atoms with Gasteiger partial charge in [-0.25, -0.2) is 4.98 Å². The zero-order valence-electron chi connectivity index (χ0n) is 9.75. The summed E-state index contributed by atoms with van der Waals surface area (Å²) in [6, 6.07) is 3.03. The molecule has 94 valence electrons. The monoisotopic (exact) mass is 265 g/mol. The highest BCUT2D eigenvalue weighted by atomic mass is 35.5. The van der Waals surface area contributed by atoms with E-state index < -0.39 is 0 Å². The van der Waals surface area contributed by atoms with Crippen LogP contribution in [0.25, 0.3) is 0 Å².